The lowest BCUT2D eigenvalue weighted by Crippen LogP contribution is -2.41. The van der Waals surface area contributed by atoms with Gasteiger partial charge in [-0.05, 0) is 6.92 Å². The lowest BCUT2D eigenvalue weighted by molar-refractivity contribution is -0.115. The number of imidazole rings is 1. The van der Waals surface area contributed by atoms with Gasteiger partial charge in [-0.1, -0.05) is 6.92 Å². The molecule has 0 bridgehead atoms. The highest BCUT2D eigenvalue weighted by atomic mass is 16.6. The van der Waals surface area contributed by atoms with E-state index < -0.39 is 17.9 Å². The topological polar surface area (TPSA) is 114 Å². The molecular formula is C12H16N4O4. The van der Waals surface area contributed by atoms with Gasteiger partial charge >= 0.3 is 0 Å². The van der Waals surface area contributed by atoms with Crippen molar-refractivity contribution >= 4 is 11.2 Å². The minimum atomic E-state index is -1.03. The second kappa shape index (κ2) is 4.37. The molecule has 0 aliphatic carbocycles. The Morgan fingerprint density at radius 2 is 2.15 bits per heavy atom. The molecule has 1 aliphatic rings. The van der Waals surface area contributed by atoms with Crippen LogP contribution in [0.2, 0.25) is 0 Å². The van der Waals surface area contributed by atoms with Crippen LogP contribution in [0.4, 0.5) is 0 Å². The predicted molar refractivity (Wildman–Crippen MR) is 67.8 cm³/mol. The van der Waals surface area contributed by atoms with Crippen LogP contribution in [0.15, 0.2) is 12.7 Å². The van der Waals surface area contributed by atoms with Crippen molar-refractivity contribution in [3.63, 3.8) is 0 Å². The first kappa shape index (κ1) is 13.2. The van der Waals surface area contributed by atoms with Gasteiger partial charge in [-0.3, -0.25) is 4.57 Å². The van der Waals surface area contributed by atoms with Gasteiger partial charge < -0.3 is 20.1 Å². The highest BCUT2D eigenvalue weighted by Crippen LogP contribution is 2.42. The second-order valence-electron chi connectivity index (χ2n) is 5.30. The summed E-state index contributed by atoms with van der Waals surface area (Å²) in [5, 5.41) is 29.3. The summed E-state index contributed by atoms with van der Waals surface area (Å²) < 4.78 is 7.43. The fraction of sp³-hybridized carbons (Fsp3) is 0.583. The van der Waals surface area contributed by atoms with E-state index in [4.69, 9.17) is 4.74 Å². The number of rotatable bonds is 2. The van der Waals surface area contributed by atoms with Crippen LogP contribution in [0.5, 0.6) is 5.88 Å². The number of nitrogens with zero attached hydrogens (tertiary/aromatic N) is 4. The number of ether oxygens (including phenoxy) is 1. The Labute approximate surface area is 114 Å². The third kappa shape index (κ3) is 1.69. The van der Waals surface area contributed by atoms with Crippen LogP contribution in [-0.2, 0) is 4.74 Å². The molecule has 1 aliphatic heterocycles. The van der Waals surface area contributed by atoms with Gasteiger partial charge in [-0.15, -0.1) is 0 Å². The Kier molecular flexibility index (Phi) is 2.89. The van der Waals surface area contributed by atoms with Gasteiger partial charge in [-0.25, -0.2) is 9.97 Å². The van der Waals surface area contributed by atoms with Crippen molar-refractivity contribution in [2.75, 3.05) is 6.61 Å². The fourth-order valence-corrected chi connectivity index (χ4v) is 2.63. The summed E-state index contributed by atoms with van der Waals surface area (Å²) in [6, 6.07) is 0. The number of aliphatic hydroxyl groups excluding tert-OH is 2. The van der Waals surface area contributed by atoms with Gasteiger partial charge in [0.05, 0.1) is 19.0 Å². The van der Waals surface area contributed by atoms with E-state index in [0.717, 1.165) is 0 Å². The largest absolute Gasteiger partial charge is 0.492 e. The van der Waals surface area contributed by atoms with Crippen molar-refractivity contribution in [1.82, 2.24) is 19.5 Å². The zero-order valence-electron chi connectivity index (χ0n) is 11.1. The van der Waals surface area contributed by atoms with Crippen LogP contribution < -0.4 is 0 Å². The molecule has 4 atom stereocenters. The lowest BCUT2D eigenvalue weighted by Gasteiger charge is -2.25. The molecule has 0 spiro atoms. The molecule has 0 radical (unpaired) electrons. The average Bonchev–Trinajstić information content (AvgIpc) is 2.96. The van der Waals surface area contributed by atoms with Crippen molar-refractivity contribution in [1.29, 1.82) is 0 Å². The molecule has 1 saturated heterocycles. The number of hydrogen-bond acceptors (Lipinski definition) is 7. The second-order valence-corrected chi connectivity index (χ2v) is 5.30. The van der Waals surface area contributed by atoms with Crippen LogP contribution >= 0.6 is 0 Å². The maximum Gasteiger partial charge on any atom is 0.242 e. The van der Waals surface area contributed by atoms with Crippen molar-refractivity contribution in [3.05, 3.63) is 12.7 Å². The maximum atomic E-state index is 10.2. The molecule has 0 aromatic carbocycles. The van der Waals surface area contributed by atoms with E-state index in [1.165, 1.54) is 12.7 Å². The first-order valence-corrected chi connectivity index (χ1v) is 6.31. The Morgan fingerprint density at radius 1 is 1.40 bits per heavy atom. The van der Waals surface area contributed by atoms with Gasteiger partial charge in [-0.2, -0.15) is 4.98 Å². The van der Waals surface area contributed by atoms with E-state index in [1.54, 1.807) is 11.5 Å². The van der Waals surface area contributed by atoms with Gasteiger partial charge in [0.1, 0.15) is 18.2 Å². The summed E-state index contributed by atoms with van der Waals surface area (Å²) in [7, 11) is 0. The molecule has 2 aromatic heterocycles. The molecule has 108 valence electrons. The number of aromatic nitrogens is 4. The van der Waals surface area contributed by atoms with Crippen molar-refractivity contribution in [2.45, 2.75) is 31.8 Å². The summed E-state index contributed by atoms with van der Waals surface area (Å²) in [6.45, 7) is 3.19. The Morgan fingerprint density at radius 3 is 2.80 bits per heavy atom. The van der Waals surface area contributed by atoms with Crippen LogP contribution in [-0.4, -0.2) is 53.2 Å². The third-order valence-electron chi connectivity index (χ3n) is 3.89. The van der Waals surface area contributed by atoms with Crippen LogP contribution in [0.3, 0.4) is 0 Å². The lowest BCUT2D eigenvalue weighted by atomic mass is 9.93. The number of aliphatic hydroxyl groups is 2. The number of hydrogen-bond donors (Lipinski definition) is 3. The third-order valence-corrected chi connectivity index (χ3v) is 3.89. The van der Waals surface area contributed by atoms with Gasteiger partial charge in [0.2, 0.25) is 5.88 Å². The summed E-state index contributed by atoms with van der Waals surface area (Å²) in [6.07, 6.45) is 1.37. The van der Waals surface area contributed by atoms with E-state index in [2.05, 4.69) is 15.0 Å². The zero-order chi connectivity index (χ0) is 14.5. The van der Waals surface area contributed by atoms with E-state index in [9.17, 15) is 15.3 Å². The van der Waals surface area contributed by atoms with Crippen molar-refractivity contribution in [3.8, 4) is 5.88 Å². The number of fused-ring (bicyclic) bond motifs is 1. The molecule has 8 heteroatoms. The van der Waals surface area contributed by atoms with Crippen LogP contribution in [0, 0.1) is 5.92 Å². The summed E-state index contributed by atoms with van der Waals surface area (Å²) in [5.74, 6) is -0.466. The maximum absolute atomic E-state index is 10.2. The van der Waals surface area contributed by atoms with Gasteiger partial charge in [0.15, 0.2) is 11.2 Å². The predicted octanol–water partition coefficient (Wildman–Crippen LogP) is -0.191. The van der Waals surface area contributed by atoms with Crippen LogP contribution in [0.1, 0.15) is 20.1 Å². The molecule has 20 heavy (non-hydrogen) atoms. The SMILES string of the molecule is C[C@H]1[C@H](n2cnc3c(O)ncnc32)O[C@](C)(CO)[C@H]1O. The van der Waals surface area contributed by atoms with E-state index in [-0.39, 0.29) is 23.9 Å². The minimum Gasteiger partial charge on any atom is -0.492 e. The zero-order valence-corrected chi connectivity index (χ0v) is 11.1. The smallest absolute Gasteiger partial charge is 0.242 e. The Balaban J connectivity index is 2.06. The minimum absolute atomic E-state index is 0.204. The van der Waals surface area contributed by atoms with E-state index in [0.29, 0.717) is 5.65 Å². The molecule has 3 rings (SSSR count). The number of aromatic hydroxyl groups is 1. The standard InChI is InChI=1S/C12H16N4O4/c1-6-8(18)12(2,3-17)20-11(6)16-5-15-7-9(16)13-4-14-10(7)19/h4-6,8,11,17-18H,3H2,1-2H3,(H,13,14,19)/t6-,8+,11-,12-/m1/s1. The molecule has 0 unspecified atom stereocenters. The molecule has 2 aromatic rings. The van der Waals surface area contributed by atoms with Crippen molar-refractivity contribution in [2.24, 2.45) is 5.92 Å². The Hall–Kier alpha value is -1.77. The summed E-state index contributed by atoms with van der Waals surface area (Å²) >= 11 is 0. The summed E-state index contributed by atoms with van der Waals surface area (Å²) in [4.78, 5) is 11.8. The Bertz CT molecular complexity index is 645. The first-order chi connectivity index (χ1) is 9.48. The quantitative estimate of drug-likeness (QED) is 0.698. The highest BCUT2D eigenvalue weighted by Gasteiger charge is 2.50. The van der Waals surface area contributed by atoms with Gasteiger partial charge in [0.25, 0.3) is 0 Å². The molecule has 3 heterocycles. The molecule has 3 N–H and O–H groups in total. The fourth-order valence-electron chi connectivity index (χ4n) is 2.63. The first-order valence-electron chi connectivity index (χ1n) is 6.31. The van der Waals surface area contributed by atoms with E-state index in [1.807, 2.05) is 6.92 Å². The molecular weight excluding hydrogens is 264 g/mol. The normalized spacial score (nSPS) is 33.9. The monoisotopic (exact) mass is 280 g/mol. The van der Waals surface area contributed by atoms with Crippen molar-refractivity contribution < 1.29 is 20.1 Å². The molecule has 1 fully saturated rings. The average molecular weight is 280 g/mol. The molecule has 8 nitrogen and oxygen atoms in total. The van der Waals surface area contributed by atoms with Crippen LogP contribution in [0.25, 0.3) is 11.2 Å². The molecule has 0 saturated carbocycles. The van der Waals surface area contributed by atoms with E-state index >= 15 is 0 Å². The summed E-state index contributed by atoms with van der Waals surface area (Å²) in [5.41, 5.74) is -0.338. The van der Waals surface area contributed by atoms with Gasteiger partial charge in [0, 0.05) is 5.92 Å². The molecule has 0 amide bonds. The highest BCUT2D eigenvalue weighted by molar-refractivity contribution is 5.75.